The number of nitrogens with one attached hydrogen (secondary N) is 1. The van der Waals surface area contributed by atoms with Crippen molar-refractivity contribution in [3.05, 3.63) is 104 Å². The summed E-state index contributed by atoms with van der Waals surface area (Å²) in [7, 11) is 0. The minimum absolute atomic E-state index is 0.00123. The summed E-state index contributed by atoms with van der Waals surface area (Å²) in [6.45, 7) is 4.28. The smallest absolute Gasteiger partial charge is 0.243 e. The van der Waals surface area contributed by atoms with Crippen molar-refractivity contribution in [2.45, 2.75) is 51.7 Å². The van der Waals surface area contributed by atoms with Gasteiger partial charge in [0.1, 0.15) is 6.04 Å². The van der Waals surface area contributed by atoms with Crippen molar-refractivity contribution < 1.29 is 9.59 Å². The first-order chi connectivity index (χ1) is 16.8. The first kappa shape index (κ1) is 27.3. The lowest BCUT2D eigenvalue weighted by Crippen LogP contribution is -2.52. The average Bonchev–Trinajstić information content (AvgIpc) is 2.84. The number of hydrogen-bond acceptors (Lipinski definition) is 2. The normalized spacial score (nSPS) is 12.6. The summed E-state index contributed by atoms with van der Waals surface area (Å²) in [6, 6.07) is 22.0. The van der Waals surface area contributed by atoms with Gasteiger partial charge in [-0.05, 0) is 54.3 Å². The maximum absolute atomic E-state index is 13.7. The number of benzene rings is 3. The lowest BCUT2D eigenvalue weighted by molar-refractivity contribution is -0.141. The Labute approximate surface area is 225 Å². The predicted molar refractivity (Wildman–Crippen MR) is 147 cm³/mol. The molecule has 0 bridgehead atoms. The Morgan fingerprint density at radius 2 is 1.63 bits per heavy atom. The highest BCUT2D eigenvalue weighted by Crippen LogP contribution is 2.24. The second-order valence-corrected chi connectivity index (χ2v) is 10.3. The zero-order valence-electron chi connectivity index (χ0n) is 19.8. The monoisotopic (exact) mass is 574 g/mol. The number of amides is 2. The van der Waals surface area contributed by atoms with Crippen LogP contribution in [0.2, 0.25) is 10.0 Å². The molecule has 0 spiro atoms. The number of carbonyl (C=O) groups is 2. The largest absolute Gasteiger partial charge is 0.352 e. The van der Waals surface area contributed by atoms with Crippen molar-refractivity contribution in [2.24, 2.45) is 0 Å². The fourth-order valence-electron chi connectivity index (χ4n) is 3.75. The van der Waals surface area contributed by atoms with Crippen LogP contribution in [0.15, 0.2) is 77.3 Å². The molecule has 0 fully saturated rings. The van der Waals surface area contributed by atoms with Crippen molar-refractivity contribution in [1.29, 1.82) is 0 Å². The molecule has 0 aliphatic heterocycles. The van der Waals surface area contributed by atoms with Gasteiger partial charge in [-0.3, -0.25) is 9.59 Å². The van der Waals surface area contributed by atoms with E-state index in [0.717, 1.165) is 27.6 Å². The molecule has 0 radical (unpaired) electrons. The van der Waals surface area contributed by atoms with Crippen LogP contribution in [0, 0.1) is 0 Å². The molecule has 7 heteroatoms. The van der Waals surface area contributed by atoms with Gasteiger partial charge in [-0.25, -0.2) is 0 Å². The summed E-state index contributed by atoms with van der Waals surface area (Å²) in [5.74, 6) is -0.329. The van der Waals surface area contributed by atoms with Crippen LogP contribution in [-0.4, -0.2) is 28.8 Å². The van der Waals surface area contributed by atoms with E-state index in [4.69, 9.17) is 23.2 Å². The Hall–Kier alpha value is -2.34. The van der Waals surface area contributed by atoms with Gasteiger partial charge in [0, 0.05) is 23.5 Å². The number of carbonyl (C=O) groups excluding carboxylic acids is 2. The van der Waals surface area contributed by atoms with E-state index in [1.165, 1.54) is 0 Å². The van der Waals surface area contributed by atoms with Gasteiger partial charge in [0.25, 0.3) is 0 Å². The van der Waals surface area contributed by atoms with E-state index in [1.54, 1.807) is 23.1 Å². The molecule has 0 aliphatic rings. The van der Waals surface area contributed by atoms with Gasteiger partial charge in [-0.1, -0.05) is 94.6 Å². The van der Waals surface area contributed by atoms with Crippen LogP contribution in [0.4, 0.5) is 0 Å². The van der Waals surface area contributed by atoms with Gasteiger partial charge in [-0.15, -0.1) is 0 Å². The molecule has 0 saturated carbocycles. The third kappa shape index (κ3) is 8.09. The van der Waals surface area contributed by atoms with Gasteiger partial charge in [0.05, 0.1) is 16.5 Å². The first-order valence-corrected chi connectivity index (χ1v) is 13.1. The molecule has 35 heavy (non-hydrogen) atoms. The topological polar surface area (TPSA) is 49.4 Å². The Kier molecular flexibility index (Phi) is 10.2. The van der Waals surface area contributed by atoms with Crippen LogP contribution in [0.5, 0.6) is 0 Å². The average molecular weight is 576 g/mol. The van der Waals surface area contributed by atoms with Crippen LogP contribution in [-0.2, 0) is 29.0 Å². The van der Waals surface area contributed by atoms with E-state index in [9.17, 15) is 9.59 Å². The molecule has 2 atom stereocenters. The van der Waals surface area contributed by atoms with Crippen molar-refractivity contribution in [2.75, 3.05) is 0 Å². The van der Waals surface area contributed by atoms with Gasteiger partial charge in [-0.2, -0.15) is 0 Å². The lowest BCUT2D eigenvalue weighted by atomic mass is 10.0. The molecule has 0 saturated heterocycles. The van der Waals surface area contributed by atoms with E-state index in [2.05, 4.69) is 21.2 Å². The van der Waals surface area contributed by atoms with E-state index in [1.807, 2.05) is 68.4 Å². The Morgan fingerprint density at radius 1 is 0.914 bits per heavy atom. The maximum Gasteiger partial charge on any atom is 0.243 e. The molecule has 184 valence electrons. The SMILES string of the molecule is CC[C@@H](C)NC(=O)[C@@H](Cc1ccccc1)N(Cc1cccc(Br)c1)C(=O)Cc1ccc(Cl)c(Cl)c1. The summed E-state index contributed by atoms with van der Waals surface area (Å²) in [6.07, 6.45) is 1.31. The summed E-state index contributed by atoms with van der Waals surface area (Å²) in [5, 5.41) is 3.91. The molecule has 3 aromatic rings. The molecule has 4 nitrogen and oxygen atoms in total. The summed E-state index contributed by atoms with van der Waals surface area (Å²) in [4.78, 5) is 28.9. The Balaban J connectivity index is 1.98. The van der Waals surface area contributed by atoms with E-state index in [0.29, 0.717) is 23.0 Å². The number of rotatable bonds is 10. The van der Waals surface area contributed by atoms with Crippen LogP contribution >= 0.6 is 39.1 Å². The molecule has 0 aliphatic carbocycles. The predicted octanol–water partition coefficient (Wildman–Crippen LogP) is 6.85. The van der Waals surface area contributed by atoms with Crippen LogP contribution in [0.1, 0.15) is 37.0 Å². The third-order valence-corrected chi connectivity index (χ3v) is 7.09. The number of hydrogen-bond donors (Lipinski definition) is 1. The lowest BCUT2D eigenvalue weighted by Gasteiger charge is -2.32. The van der Waals surface area contributed by atoms with Crippen LogP contribution in [0.25, 0.3) is 0 Å². The quantitative estimate of drug-likeness (QED) is 0.287. The van der Waals surface area contributed by atoms with Crippen LogP contribution < -0.4 is 5.32 Å². The molecule has 0 heterocycles. The Morgan fingerprint density at radius 3 is 2.29 bits per heavy atom. The highest BCUT2D eigenvalue weighted by atomic mass is 79.9. The van der Waals surface area contributed by atoms with Gasteiger partial charge in [0.15, 0.2) is 0 Å². The molecule has 0 unspecified atom stereocenters. The number of nitrogens with zero attached hydrogens (tertiary/aromatic N) is 1. The summed E-state index contributed by atoms with van der Waals surface area (Å²) >= 11 is 15.8. The maximum atomic E-state index is 13.7. The van der Waals surface area contributed by atoms with Crippen LogP contribution in [0.3, 0.4) is 0 Å². The zero-order chi connectivity index (χ0) is 25.4. The molecule has 2 amide bonds. The standard InChI is InChI=1S/C28H29BrCl2N2O2/c1-3-19(2)32-28(35)26(16-20-8-5-4-6-9-20)33(18-22-10-7-11-23(29)14-22)27(34)17-21-12-13-24(30)25(31)15-21/h4-15,19,26H,3,16-18H2,1-2H3,(H,32,35)/t19-,26-/m1/s1. The highest BCUT2D eigenvalue weighted by Gasteiger charge is 2.31. The third-order valence-electron chi connectivity index (χ3n) is 5.85. The first-order valence-electron chi connectivity index (χ1n) is 11.6. The number of halogens is 3. The fourth-order valence-corrected chi connectivity index (χ4v) is 4.52. The van der Waals surface area contributed by atoms with Crippen molar-refractivity contribution >= 4 is 50.9 Å². The van der Waals surface area contributed by atoms with Crippen molar-refractivity contribution in [3.8, 4) is 0 Å². The van der Waals surface area contributed by atoms with E-state index in [-0.39, 0.29) is 24.3 Å². The van der Waals surface area contributed by atoms with Gasteiger partial charge in [0.2, 0.25) is 11.8 Å². The molecular formula is C28H29BrCl2N2O2. The van der Waals surface area contributed by atoms with E-state index < -0.39 is 6.04 Å². The highest BCUT2D eigenvalue weighted by molar-refractivity contribution is 9.10. The summed E-state index contributed by atoms with van der Waals surface area (Å²) < 4.78 is 0.913. The molecule has 0 aromatic heterocycles. The zero-order valence-corrected chi connectivity index (χ0v) is 22.9. The molecule has 1 N–H and O–H groups in total. The van der Waals surface area contributed by atoms with Gasteiger partial charge < -0.3 is 10.2 Å². The molecule has 3 aromatic carbocycles. The van der Waals surface area contributed by atoms with E-state index >= 15 is 0 Å². The molecular weight excluding hydrogens is 547 g/mol. The van der Waals surface area contributed by atoms with Crippen molar-refractivity contribution in [3.63, 3.8) is 0 Å². The fraction of sp³-hybridized carbons (Fsp3) is 0.286. The minimum Gasteiger partial charge on any atom is -0.352 e. The van der Waals surface area contributed by atoms with Crippen molar-refractivity contribution in [1.82, 2.24) is 10.2 Å². The minimum atomic E-state index is -0.680. The van der Waals surface area contributed by atoms with Gasteiger partial charge >= 0.3 is 0 Å². The molecule has 3 rings (SSSR count). The Bertz CT molecular complexity index is 1160. The summed E-state index contributed by atoms with van der Waals surface area (Å²) in [5.41, 5.74) is 2.65. The second-order valence-electron chi connectivity index (χ2n) is 8.60. The second kappa shape index (κ2) is 13.1.